The van der Waals surface area contributed by atoms with Crippen molar-refractivity contribution in [2.45, 2.75) is 33.1 Å². The SMILES string of the molecule is CCNC(c1cccc2ccsc12)C(OCC)OCC. The molecule has 0 aliphatic heterocycles. The van der Waals surface area contributed by atoms with E-state index in [9.17, 15) is 0 Å². The van der Waals surface area contributed by atoms with Crippen LogP contribution in [0.15, 0.2) is 29.6 Å². The van der Waals surface area contributed by atoms with E-state index in [4.69, 9.17) is 9.47 Å². The Hall–Kier alpha value is -0.940. The smallest absolute Gasteiger partial charge is 0.176 e. The Balaban J connectivity index is 2.37. The average molecular weight is 293 g/mol. The number of benzene rings is 1. The van der Waals surface area contributed by atoms with Gasteiger partial charge < -0.3 is 14.8 Å². The predicted molar refractivity (Wildman–Crippen MR) is 85.3 cm³/mol. The summed E-state index contributed by atoms with van der Waals surface area (Å²) in [4.78, 5) is 0. The van der Waals surface area contributed by atoms with Gasteiger partial charge in [0.1, 0.15) is 0 Å². The molecule has 0 amide bonds. The first-order valence-corrected chi connectivity index (χ1v) is 8.12. The maximum atomic E-state index is 5.80. The highest BCUT2D eigenvalue weighted by Gasteiger charge is 2.25. The van der Waals surface area contributed by atoms with Gasteiger partial charge in [-0.15, -0.1) is 11.3 Å². The van der Waals surface area contributed by atoms with Crippen LogP contribution in [0.1, 0.15) is 32.4 Å². The van der Waals surface area contributed by atoms with E-state index < -0.39 is 0 Å². The summed E-state index contributed by atoms with van der Waals surface area (Å²) < 4.78 is 12.9. The molecule has 20 heavy (non-hydrogen) atoms. The molecule has 0 fully saturated rings. The molecular weight excluding hydrogens is 270 g/mol. The Morgan fingerprint density at radius 3 is 2.50 bits per heavy atom. The molecule has 0 spiro atoms. The van der Waals surface area contributed by atoms with Crippen LogP contribution in [-0.4, -0.2) is 26.0 Å². The summed E-state index contributed by atoms with van der Waals surface area (Å²) in [5.41, 5.74) is 1.26. The molecule has 3 nitrogen and oxygen atoms in total. The van der Waals surface area contributed by atoms with Crippen molar-refractivity contribution >= 4 is 21.4 Å². The summed E-state index contributed by atoms with van der Waals surface area (Å²) in [7, 11) is 0. The van der Waals surface area contributed by atoms with Gasteiger partial charge >= 0.3 is 0 Å². The second kappa shape index (κ2) is 7.74. The van der Waals surface area contributed by atoms with Crippen LogP contribution in [0.5, 0.6) is 0 Å². The molecule has 0 aliphatic carbocycles. The van der Waals surface area contributed by atoms with Crippen molar-refractivity contribution in [2.75, 3.05) is 19.8 Å². The van der Waals surface area contributed by atoms with Crippen LogP contribution in [0.2, 0.25) is 0 Å². The maximum Gasteiger partial charge on any atom is 0.176 e. The predicted octanol–water partition coefficient (Wildman–Crippen LogP) is 3.95. The molecule has 1 aromatic carbocycles. The lowest BCUT2D eigenvalue weighted by Crippen LogP contribution is -2.36. The largest absolute Gasteiger partial charge is 0.351 e. The molecule has 0 radical (unpaired) electrons. The van der Waals surface area contributed by atoms with Gasteiger partial charge in [-0.05, 0) is 42.8 Å². The van der Waals surface area contributed by atoms with Gasteiger partial charge in [-0.2, -0.15) is 0 Å². The van der Waals surface area contributed by atoms with Gasteiger partial charge in [0.05, 0.1) is 6.04 Å². The fourth-order valence-corrected chi connectivity index (χ4v) is 3.36. The van der Waals surface area contributed by atoms with Gasteiger partial charge in [0, 0.05) is 17.9 Å². The summed E-state index contributed by atoms with van der Waals surface area (Å²) in [6.07, 6.45) is -0.252. The van der Waals surface area contributed by atoms with E-state index >= 15 is 0 Å². The van der Waals surface area contributed by atoms with Gasteiger partial charge in [-0.25, -0.2) is 0 Å². The summed E-state index contributed by atoms with van der Waals surface area (Å²) in [5.74, 6) is 0. The Morgan fingerprint density at radius 2 is 1.85 bits per heavy atom. The molecule has 1 N–H and O–H groups in total. The molecule has 2 rings (SSSR count). The van der Waals surface area contributed by atoms with E-state index in [0.29, 0.717) is 13.2 Å². The fraction of sp³-hybridized carbons (Fsp3) is 0.500. The summed E-state index contributed by atoms with van der Waals surface area (Å²) in [6.45, 7) is 8.28. The molecule has 2 aromatic rings. The van der Waals surface area contributed by atoms with Gasteiger partial charge in [0.25, 0.3) is 0 Å². The average Bonchev–Trinajstić information content (AvgIpc) is 2.93. The Morgan fingerprint density at radius 1 is 1.10 bits per heavy atom. The number of likely N-dealkylation sites (N-methyl/N-ethyl adjacent to an activating group) is 1. The Kier molecular flexibility index (Phi) is 5.98. The van der Waals surface area contributed by atoms with Crippen molar-refractivity contribution in [1.29, 1.82) is 0 Å². The van der Waals surface area contributed by atoms with E-state index in [1.807, 2.05) is 13.8 Å². The van der Waals surface area contributed by atoms with Crippen molar-refractivity contribution in [2.24, 2.45) is 0 Å². The third-order valence-corrected chi connectivity index (χ3v) is 4.18. The topological polar surface area (TPSA) is 30.5 Å². The lowest BCUT2D eigenvalue weighted by atomic mass is 10.0. The van der Waals surface area contributed by atoms with Crippen LogP contribution in [0, 0.1) is 0 Å². The third-order valence-electron chi connectivity index (χ3n) is 3.20. The second-order valence-corrected chi connectivity index (χ2v) is 5.42. The molecule has 0 saturated heterocycles. The zero-order valence-electron chi connectivity index (χ0n) is 12.4. The number of nitrogens with one attached hydrogen (secondary N) is 1. The van der Waals surface area contributed by atoms with Crippen molar-refractivity contribution in [3.05, 3.63) is 35.2 Å². The van der Waals surface area contributed by atoms with Crippen molar-refractivity contribution in [1.82, 2.24) is 5.32 Å². The first-order valence-electron chi connectivity index (χ1n) is 7.24. The minimum atomic E-state index is -0.252. The van der Waals surface area contributed by atoms with E-state index in [-0.39, 0.29) is 12.3 Å². The van der Waals surface area contributed by atoms with Crippen molar-refractivity contribution < 1.29 is 9.47 Å². The van der Waals surface area contributed by atoms with Crippen molar-refractivity contribution in [3.8, 4) is 0 Å². The first-order chi connectivity index (χ1) is 9.81. The number of rotatable bonds is 8. The van der Waals surface area contributed by atoms with Crippen LogP contribution in [0.3, 0.4) is 0 Å². The number of hydrogen-bond acceptors (Lipinski definition) is 4. The van der Waals surface area contributed by atoms with Crippen LogP contribution < -0.4 is 5.32 Å². The highest BCUT2D eigenvalue weighted by molar-refractivity contribution is 7.17. The summed E-state index contributed by atoms with van der Waals surface area (Å²) in [6, 6.07) is 8.63. The van der Waals surface area contributed by atoms with Crippen LogP contribution >= 0.6 is 11.3 Å². The molecule has 1 unspecified atom stereocenters. The monoisotopic (exact) mass is 293 g/mol. The second-order valence-electron chi connectivity index (χ2n) is 4.50. The molecule has 0 aliphatic rings. The molecule has 4 heteroatoms. The number of hydrogen-bond donors (Lipinski definition) is 1. The van der Waals surface area contributed by atoms with Crippen molar-refractivity contribution in [3.63, 3.8) is 0 Å². The van der Waals surface area contributed by atoms with Gasteiger partial charge in [0.2, 0.25) is 0 Å². The van der Waals surface area contributed by atoms with Gasteiger partial charge in [-0.1, -0.05) is 25.1 Å². The van der Waals surface area contributed by atoms with Gasteiger partial charge in [0.15, 0.2) is 6.29 Å². The highest BCUT2D eigenvalue weighted by Crippen LogP contribution is 2.31. The quantitative estimate of drug-likeness (QED) is 0.748. The molecule has 1 atom stereocenters. The lowest BCUT2D eigenvalue weighted by molar-refractivity contribution is -0.154. The van der Waals surface area contributed by atoms with E-state index in [0.717, 1.165) is 6.54 Å². The van der Waals surface area contributed by atoms with E-state index in [1.54, 1.807) is 11.3 Å². The number of fused-ring (bicyclic) bond motifs is 1. The number of thiophene rings is 1. The zero-order valence-corrected chi connectivity index (χ0v) is 13.2. The maximum absolute atomic E-state index is 5.80. The minimum Gasteiger partial charge on any atom is -0.351 e. The van der Waals surface area contributed by atoms with Crippen LogP contribution in [-0.2, 0) is 9.47 Å². The van der Waals surface area contributed by atoms with E-state index in [2.05, 4.69) is 41.9 Å². The number of ether oxygens (including phenoxy) is 2. The van der Waals surface area contributed by atoms with Crippen LogP contribution in [0.25, 0.3) is 10.1 Å². The zero-order chi connectivity index (χ0) is 14.4. The van der Waals surface area contributed by atoms with E-state index in [1.165, 1.54) is 15.6 Å². The molecule has 1 aromatic heterocycles. The minimum absolute atomic E-state index is 0.0576. The molecule has 1 heterocycles. The standard InChI is InChI=1S/C16H23NO2S/c1-4-17-14(16(18-5-2)19-6-3)13-9-7-8-12-10-11-20-15(12)13/h7-11,14,16-17H,4-6H2,1-3H3. The Bertz CT molecular complexity index is 520. The summed E-state index contributed by atoms with van der Waals surface area (Å²) in [5, 5.41) is 6.92. The molecular formula is C16H23NO2S. The third kappa shape index (κ3) is 3.38. The van der Waals surface area contributed by atoms with Gasteiger partial charge in [-0.3, -0.25) is 0 Å². The Labute approximate surface area is 124 Å². The molecule has 0 saturated carbocycles. The lowest BCUT2D eigenvalue weighted by Gasteiger charge is -2.28. The first kappa shape index (κ1) is 15.4. The van der Waals surface area contributed by atoms with Crippen LogP contribution in [0.4, 0.5) is 0 Å². The normalized spacial score (nSPS) is 13.2. The summed E-state index contributed by atoms with van der Waals surface area (Å²) >= 11 is 1.77. The fourth-order valence-electron chi connectivity index (χ4n) is 2.40. The highest BCUT2D eigenvalue weighted by atomic mass is 32.1. The molecule has 110 valence electrons. The molecule has 0 bridgehead atoms.